The van der Waals surface area contributed by atoms with Crippen LogP contribution in [0.1, 0.15) is 24.0 Å². The number of urea groups is 1. The van der Waals surface area contributed by atoms with Crippen molar-refractivity contribution in [1.82, 2.24) is 15.1 Å². The molecule has 6 nitrogen and oxygen atoms in total. The molecule has 2 aliphatic heterocycles. The number of rotatable bonds is 6. The first-order valence-electron chi connectivity index (χ1n) is 12.3. The van der Waals surface area contributed by atoms with Crippen LogP contribution in [-0.2, 0) is 17.8 Å². The third-order valence-electron chi connectivity index (χ3n) is 6.91. The Morgan fingerprint density at radius 1 is 0.829 bits per heavy atom. The minimum absolute atomic E-state index is 0.0717. The van der Waals surface area contributed by atoms with Gasteiger partial charge in [-0.15, -0.1) is 0 Å². The highest BCUT2D eigenvalue weighted by Crippen LogP contribution is 2.27. The molecule has 5 rings (SSSR count). The standard InChI is InChI=1S/C29H31N3O3/c33-28(35-21-22-9-3-1-4-10-22)30-26-15-18-32(29(34)31-16-8-17-31)27(26)20-23-11-7-14-25(19-23)24-12-5-2-6-13-24/h1-7,9-14,19,26-27H,8,15-18,20-21H2,(H,30,33)/t26-,27-/m0/s1. The number of likely N-dealkylation sites (tertiary alicyclic amines) is 2. The minimum atomic E-state index is -0.444. The highest BCUT2D eigenvalue weighted by molar-refractivity contribution is 5.76. The zero-order valence-corrected chi connectivity index (χ0v) is 19.8. The maximum absolute atomic E-state index is 13.2. The molecule has 0 spiro atoms. The van der Waals surface area contributed by atoms with E-state index in [1.54, 1.807) is 0 Å². The molecular weight excluding hydrogens is 438 g/mol. The highest BCUT2D eigenvalue weighted by Gasteiger charge is 2.40. The van der Waals surface area contributed by atoms with E-state index in [0.717, 1.165) is 41.8 Å². The van der Waals surface area contributed by atoms with Gasteiger partial charge in [0.2, 0.25) is 0 Å². The molecule has 0 unspecified atom stereocenters. The maximum Gasteiger partial charge on any atom is 0.407 e. The molecule has 0 bridgehead atoms. The second kappa shape index (κ2) is 10.6. The van der Waals surface area contributed by atoms with Crippen LogP contribution >= 0.6 is 0 Å². The van der Waals surface area contributed by atoms with E-state index < -0.39 is 6.09 Å². The molecule has 2 atom stereocenters. The van der Waals surface area contributed by atoms with Gasteiger partial charge in [0.1, 0.15) is 6.61 Å². The molecule has 0 radical (unpaired) electrons. The van der Waals surface area contributed by atoms with Crippen LogP contribution in [-0.4, -0.2) is 53.6 Å². The van der Waals surface area contributed by atoms with Crippen LogP contribution in [0.25, 0.3) is 11.1 Å². The third-order valence-corrected chi connectivity index (χ3v) is 6.91. The van der Waals surface area contributed by atoms with Crippen molar-refractivity contribution < 1.29 is 14.3 Å². The van der Waals surface area contributed by atoms with Crippen LogP contribution in [0.15, 0.2) is 84.9 Å². The lowest BCUT2D eigenvalue weighted by atomic mass is 9.96. The van der Waals surface area contributed by atoms with E-state index >= 15 is 0 Å². The number of benzene rings is 3. The molecule has 180 valence electrons. The average molecular weight is 470 g/mol. The van der Waals surface area contributed by atoms with E-state index in [2.05, 4.69) is 41.7 Å². The van der Waals surface area contributed by atoms with Crippen LogP contribution in [0, 0.1) is 0 Å². The van der Waals surface area contributed by atoms with Crippen molar-refractivity contribution in [3.8, 4) is 11.1 Å². The van der Waals surface area contributed by atoms with Crippen molar-refractivity contribution in [3.05, 3.63) is 96.1 Å². The predicted molar refractivity (Wildman–Crippen MR) is 136 cm³/mol. The zero-order chi connectivity index (χ0) is 24.0. The van der Waals surface area contributed by atoms with Gasteiger partial charge in [0.25, 0.3) is 0 Å². The van der Waals surface area contributed by atoms with E-state index in [-0.39, 0.29) is 24.7 Å². The van der Waals surface area contributed by atoms with Crippen molar-refractivity contribution in [2.45, 2.75) is 38.0 Å². The van der Waals surface area contributed by atoms with E-state index in [9.17, 15) is 9.59 Å². The summed E-state index contributed by atoms with van der Waals surface area (Å²) in [6.07, 6.45) is 1.99. The first-order chi connectivity index (χ1) is 17.2. The van der Waals surface area contributed by atoms with Crippen molar-refractivity contribution in [2.24, 2.45) is 0 Å². The molecule has 2 heterocycles. The van der Waals surface area contributed by atoms with Gasteiger partial charge in [-0.25, -0.2) is 9.59 Å². The smallest absolute Gasteiger partial charge is 0.407 e. The van der Waals surface area contributed by atoms with Gasteiger partial charge < -0.3 is 19.9 Å². The fraction of sp³-hybridized carbons (Fsp3) is 0.310. The van der Waals surface area contributed by atoms with E-state index in [1.807, 2.05) is 58.3 Å². The zero-order valence-electron chi connectivity index (χ0n) is 19.8. The molecule has 2 fully saturated rings. The van der Waals surface area contributed by atoms with Gasteiger partial charge in [0.15, 0.2) is 0 Å². The molecule has 3 aromatic carbocycles. The van der Waals surface area contributed by atoms with Crippen LogP contribution in [0.4, 0.5) is 9.59 Å². The summed E-state index contributed by atoms with van der Waals surface area (Å²) >= 11 is 0. The summed E-state index contributed by atoms with van der Waals surface area (Å²) in [5.74, 6) is 0. The second-order valence-corrected chi connectivity index (χ2v) is 9.26. The van der Waals surface area contributed by atoms with Gasteiger partial charge in [-0.05, 0) is 41.5 Å². The molecule has 2 saturated heterocycles. The molecule has 3 aromatic rings. The third kappa shape index (κ3) is 5.48. The number of carbonyl (C=O) groups is 2. The summed E-state index contributed by atoms with van der Waals surface area (Å²) in [5, 5.41) is 3.05. The van der Waals surface area contributed by atoms with Crippen molar-refractivity contribution >= 4 is 12.1 Å². The fourth-order valence-electron chi connectivity index (χ4n) is 4.87. The average Bonchev–Trinajstić information content (AvgIpc) is 3.25. The quantitative estimate of drug-likeness (QED) is 0.547. The van der Waals surface area contributed by atoms with Gasteiger partial charge in [-0.3, -0.25) is 0 Å². The van der Waals surface area contributed by atoms with Gasteiger partial charge in [0, 0.05) is 19.6 Å². The number of hydrogen-bond acceptors (Lipinski definition) is 3. The Morgan fingerprint density at radius 3 is 2.23 bits per heavy atom. The van der Waals surface area contributed by atoms with Gasteiger partial charge in [-0.2, -0.15) is 0 Å². The molecule has 1 N–H and O–H groups in total. The highest BCUT2D eigenvalue weighted by atomic mass is 16.5. The summed E-state index contributed by atoms with van der Waals surface area (Å²) in [4.78, 5) is 29.6. The molecule has 0 saturated carbocycles. The maximum atomic E-state index is 13.2. The van der Waals surface area contributed by atoms with E-state index in [0.29, 0.717) is 19.4 Å². The van der Waals surface area contributed by atoms with Gasteiger partial charge in [-0.1, -0.05) is 84.9 Å². The number of alkyl carbamates (subject to hydrolysis) is 1. The van der Waals surface area contributed by atoms with Crippen LogP contribution in [0.2, 0.25) is 0 Å². The van der Waals surface area contributed by atoms with Crippen molar-refractivity contribution in [3.63, 3.8) is 0 Å². The van der Waals surface area contributed by atoms with Crippen LogP contribution < -0.4 is 5.32 Å². The number of carbonyl (C=O) groups excluding carboxylic acids is 2. The minimum Gasteiger partial charge on any atom is -0.445 e. The fourth-order valence-corrected chi connectivity index (χ4v) is 4.87. The first kappa shape index (κ1) is 23.0. The Hall–Kier alpha value is -3.80. The number of hydrogen-bond donors (Lipinski definition) is 1. The normalized spacial score (nSPS) is 19.2. The van der Waals surface area contributed by atoms with E-state index in [4.69, 9.17) is 4.74 Å². The lowest BCUT2D eigenvalue weighted by Crippen LogP contribution is -2.54. The van der Waals surface area contributed by atoms with Crippen molar-refractivity contribution in [2.75, 3.05) is 19.6 Å². The lowest BCUT2D eigenvalue weighted by Gasteiger charge is -2.37. The lowest BCUT2D eigenvalue weighted by molar-refractivity contribution is 0.115. The molecule has 0 aliphatic carbocycles. The molecule has 2 aliphatic rings. The Bertz CT molecular complexity index is 1150. The summed E-state index contributed by atoms with van der Waals surface area (Å²) < 4.78 is 5.48. The molecule has 35 heavy (non-hydrogen) atoms. The van der Waals surface area contributed by atoms with Crippen LogP contribution in [0.5, 0.6) is 0 Å². The summed E-state index contributed by atoms with van der Waals surface area (Å²) in [7, 11) is 0. The monoisotopic (exact) mass is 469 g/mol. The Balaban J connectivity index is 1.30. The molecule has 3 amide bonds. The number of nitrogens with one attached hydrogen (secondary N) is 1. The number of nitrogens with zero attached hydrogens (tertiary/aromatic N) is 2. The van der Waals surface area contributed by atoms with E-state index in [1.165, 1.54) is 0 Å². The Kier molecular flexibility index (Phi) is 6.98. The second-order valence-electron chi connectivity index (χ2n) is 9.26. The number of amides is 3. The molecule has 0 aromatic heterocycles. The van der Waals surface area contributed by atoms with Crippen LogP contribution in [0.3, 0.4) is 0 Å². The van der Waals surface area contributed by atoms with Gasteiger partial charge >= 0.3 is 12.1 Å². The number of ether oxygens (including phenoxy) is 1. The SMILES string of the molecule is O=C(N[C@H]1CCN(C(=O)N2CCC2)[C@H]1Cc1cccc(-c2ccccc2)c1)OCc1ccccc1. The Morgan fingerprint density at radius 2 is 1.51 bits per heavy atom. The van der Waals surface area contributed by atoms with Gasteiger partial charge in [0.05, 0.1) is 12.1 Å². The summed E-state index contributed by atoms with van der Waals surface area (Å²) in [6, 6.07) is 28.1. The first-order valence-corrected chi connectivity index (χ1v) is 12.3. The Labute approximate surface area is 206 Å². The molecular formula is C29H31N3O3. The summed E-state index contributed by atoms with van der Waals surface area (Å²) in [6.45, 7) is 2.47. The summed E-state index contributed by atoms with van der Waals surface area (Å²) in [5.41, 5.74) is 4.39. The largest absolute Gasteiger partial charge is 0.445 e. The van der Waals surface area contributed by atoms with Crippen molar-refractivity contribution in [1.29, 1.82) is 0 Å². The predicted octanol–water partition coefficient (Wildman–Crippen LogP) is 5.09. The molecule has 6 heteroatoms. The topological polar surface area (TPSA) is 61.9 Å².